The second-order valence-corrected chi connectivity index (χ2v) is 15.6. The molecule has 7 heteroatoms. The summed E-state index contributed by atoms with van der Waals surface area (Å²) < 4.78 is 6.29. The van der Waals surface area contributed by atoms with Gasteiger partial charge in [0.05, 0.1) is 0 Å². The Labute approximate surface area is 313 Å². The molecule has 2 amide bonds. The van der Waals surface area contributed by atoms with Gasteiger partial charge in [-0.3, -0.25) is 14.5 Å². The number of carbonyl (C=O) groups is 2. The number of hydrogen-bond acceptors (Lipinski definition) is 5. The maximum Gasteiger partial charge on any atom is 0.255 e. The number of allylic oxidation sites excluding steroid dienone is 1. The van der Waals surface area contributed by atoms with Crippen LogP contribution < -0.4 is 10.1 Å². The van der Waals surface area contributed by atoms with Crippen molar-refractivity contribution in [1.29, 1.82) is 0 Å². The molecule has 0 bridgehead atoms. The fourth-order valence-corrected chi connectivity index (χ4v) is 9.39. The molecular formula is C46H51N3O4. The van der Waals surface area contributed by atoms with Gasteiger partial charge in [-0.25, -0.2) is 0 Å². The van der Waals surface area contributed by atoms with E-state index in [1.807, 2.05) is 18.2 Å². The third-order valence-corrected chi connectivity index (χ3v) is 12.1. The third kappa shape index (κ3) is 7.77. The van der Waals surface area contributed by atoms with Crippen molar-refractivity contribution in [3.05, 3.63) is 142 Å². The Balaban J connectivity index is 0.811. The van der Waals surface area contributed by atoms with Gasteiger partial charge in [0.15, 0.2) is 0 Å². The zero-order valence-electron chi connectivity index (χ0n) is 30.6. The molecule has 3 heterocycles. The van der Waals surface area contributed by atoms with Crippen LogP contribution in [0, 0.1) is 5.92 Å². The number of nitrogens with zero attached hydrogens (tertiary/aromatic N) is 2. The van der Waals surface area contributed by atoms with Crippen LogP contribution in [0.25, 0.3) is 0 Å². The smallest absolute Gasteiger partial charge is 0.255 e. The monoisotopic (exact) mass is 709 g/mol. The highest BCUT2D eigenvalue weighted by Gasteiger charge is 2.38. The zero-order valence-corrected chi connectivity index (χ0v) is 30.6. The SMILES string of the molecule is C=C1CC[C@H](N2Cc3cc(CCC[C@H]4CCCN(CCOc5ccc([C@H]6c7ccc(O)cc7CC[C@H]6c6ccccc6)cc5)C4)ccc3C2=O)C(=O)N1. The number of phenols is 1. The molecule has 274 valence electrons. The second-order valence-electron chi connectivity index (χ2n) is 15.6. The van der Waals surface area contributed by atoms with Crippen LogP contribution in [0.15, 0.2) is 103 Å². The van der Waals surface area contributed by atoms with Crippen molar-refractivity contribution >= 4 is 11.8 Å². The largest absolute Gasteiger partial charge is 0.508 e. The summed E-state index contributed by atoms with van der Waals surface area (Å²) in [4.78, 5) is 30.0. The summed E-state index contributed by atoms with van der Waals surface area (Å²) in [6, 6.07) is 31.3. The highest BCUT2D eigenvalue weighted by Crippen LogP contribution is 2.47. The van der Waals surface area contributed by atoms with Gasteiger partial charge in [-0.1, -0.05) is 67.2 Å². The van der Waals surface area contributed by atoms with Gasteiger partial charge in [0.2, 0.25) is 5.91 Å². The van der Waals surface area contributed by atoms with E-state index in [0.29, 0.717) is 43.6 Å². The number of fused-ring (bicyclic) bond motifs is 2. The van der Waals surface area contributed by atoms with Crippen molar-refractivity contribution in [3.8, 4) is 11.5 Å². The van der Waals surface area contributed by atoms with E-state index in [1.54, 1.807) is 4.90 Å². The maximum absolute atomic E-state index is 13.1. The normalized spacial score (nSPS) is 23.0. The van der Waals surface area contributed by atoms with Crippen LogP contribution in [-0.4, -0.2) is 59.0 Å². The van der Waals surface area contributed by atoms with E-state index in [9.17, 15) is 14.7 Å². The molecular weight excluding hydrogens is 659 g/mol. The third-order valence-electron chi connectivity index (χ3n) is 12.1. The lowest BCUT2D eigenvalue weighted by Gasteiger charge is -2.35. The second kappa shape index (κ2) is 15.6. The van der Waals surface area contributed by atoms with Gasteiger partial charge < -0.3 is 20.1 Å². The molecule has 0 unspecified atom stereocenters. The molecule has 1 aliphatic carbocycles. The minimum absolute atomic E-state index is 0.0346. The molecule has 2 fully saturated rings. The Bertz CT molecular complexity index is 1960. The van der Waals surface area contributed by atoms with E-state index in [-0.39, 0.29) is 17.7 Å². The Hall–Kier alpha value is -4.88. The number of carbonyl (C=O) groups excluding carboxylic acids is 2. The standard InChI is InChI=1S/C46H51N3O4/c1-31-12-23-43(45(51)47-31)49-30-37-27-32(13-20-42(37)46(49)52)7-5-8-33-9-6-24-48(29-33)25-26-53-39-18-14-35(15-19-39)44-40(34-10-3-2-4-11-34)21-16-36-28-38(50)17-22-41(36)44/h2-4,10-11,13-15,17-20,22,27-28,33,40,43-44,50H,1,5-9,12,16,21,23-26,29-30H2,(H,47,51)/t33-,40-,43-,44+/m0/s1. The molecule has 8 rings (SSSR count). The average Bonchev–Trinajstić information content (AvgIpc) is 3.50. The Kier molecular flexibility index (Phi) is 10.4. The summed E-state index contributed by atoms with van der Waals surface area (Å²) in [7, 11) is 0. The predicted molar refractivity (Wildman–Crippen MR) is 208 cm³/mol. The highest BCUT2D eigenvalue weighted by atomic mass is 16.5. The number of aromatic hydroxyl groups is 1. The quantitative estimate of drug-likeness (QED) is 0.165. The molecule has 7 nitrogen and oxygen atoms in total. The molecule has 4 aliphatic rings. The summed E-state index contributed by atoms with van der Waals surface area (Å²) in [5.74, 6) is 2.40. The van der Waals surface area contributed by atoms with E-state index in [1.165, 1.54) is 47.1 Å². The van der Waals surface area contributed by atoms with E-state index < -0.39 is 6.04 Å². The van der Waals surface area contributed by atoms with Gasteiger partial charge in [-0.05, 0) is 140 Å². The summed E-state index contributed by atoms with van der Waals surface area (Å²) >= 11 is 0. The van der Waals surface area contributed by atoms with Crippen molar-refractivity contribution in [3.63, 3.8) is 0 Å². The van der Waals surface area contributed by atoms with E-state index >= 15 is 0 Å². The first-order chi connectivity index (χ1) is 25.9. The fourth-order valence-electron chi connectivity index (χ4n) is 9.39. The highest BCUT2D eigenvalue weighted by molar-refractivity contribution is 6.01. The van der Waals surface area contributed by atoms with Crippen LogP contribution in [0.4, 0.5) is 0 Å². The number of nitrogens with one attached hydrogen (secondary N) is 1. The maximum atomic E-state index is 13.1. The molecule has 0 saturated carbocycles. The van der Waals surface area contributed by atoms with Gasteiger partial charge in [0.1, 0.15) is 24.1 Å². The fraction of sp³-hybridized carbons (Fsp3) is 0.391. The molecule has 4 atom stereocenters. The lowest BCUT2D eigenvalue weighted by Crippen LogP contribution is -2.49. The molecule has 0 spiro atoms. The number of ether oxygens (including phenoxy) is 1. The average molecular weight is 710 g/mol. The molecule has 53 heavy (non-hydrogen) atoms. The summed E-state index contributed by atoms with van der Waals surface area (Å²) in [5.41, 5.74) is 8.99. The van der Waals surface area contributed by atoms with Crippen LogP contribution in [0.3, 0.4) is 0 Å². The van der Waals surface area contributed by atoms with E-state index in [0.717, 1.165) is 67.9 Å². The van der Waals surface area contributed by atoms with Crippen LogP contribution in [0.2, 0.25) is 0 Å². The lowest BCUT2D eigenvalue weighted by atomic mass is 9.69. The van der Waals surface area contributed by atoms with Gasteiger partial charge in [-0.15, -0.1) is 0 Å². The van der Waals surface area contributed by atoms with E-state index in [4.69, 9.17) is 4.74 Å². The minimum Gasteiger partial charge on any atom is -0.508 e. The van der Waals surface area contributed by atoms with Gasteiger partial charge in [-0.2, -0.15) is 0 Å². The number of rotatable bonds is 11. The number of piperidine rings is 2. The van der Waals surface area contributed by atoms with Crippen molar-refractivity contribution in [2.75, 3.05) is 26.2 Å². The summed E-state index contributed by atoms with van der Waals surface area (Å²) in [6.07, 6.45) is 9.19. The number of amides is 2. The molecule has 2 N–H and O–H groups in total. The first kappa shape index (κ1) is 35.2. The topological polar surface area (TPSA) is 82.1 Å². The Morgan fingerprint density at radius 3 is 2.55 bits per heavy atom. The molecule has 4 aromatic rings. The Morgan fingerprint density at radius 2 is 1.72 bits per heavy atom. The van der Waals surface area contributed by atoms with Crippen molar-refractivity contribution in [2.24, 2.45) is 5.92 Å². The van der Waals surface area contributed by atoms with Crippen LogP contribution >= 0.6 is 0 Å². The first-order valence-electron chi connectivity index (χ1n) is 19.6. The number of hydrogen-bond donors (Lipinski definition) is 2. The number of likely N-dealkylation sites (tertiary alicyclic amines) is 1. The summed E-state index contributed by atoms with van der Waals surface area (Å²) in [6.45, 7) is 8.21. The number of benzene rings is 4. The molecule has 2 saturated heterocycles. The van der Waals surface area contributed by atoms with Crippen LogP contribution in [0.5, 0.6) is 11.5 Å². The lowest BCUT2D eigenvalue weighted by molar-refractivity contribution is -0.126. The first-order valence-corrected chi connectivity index (χ1v) is 19.6. The zero-order chi connectivity index (χ0) is 36.3. The Morgan fingerprint density at radius 1 is 0.868 bits per heavy atom. The molecule has 0 aromatic heterocycles. The molecule has 3 aliphatic heterocycles. The predicted octanol–water partition coefficient (Wildman–Crippen LogP) is 8.12. The van der Waals surface area contributed by atoms with E-state index in [2.05, 4.69) is 89.6 Å². The van der Waals surface area contributed by atoms with Crippen LogP contribution in [0.1, 0.15) is 101 Å². The minimum atomic E-state index is -0.417. The van der Waals surface area contributed by atoms with Gasteiger partial charge in [0.25, 0.3) is 5.91 Å². The molecule has 0 radical (unpaired) electrons. The number of aryl methyl sites for hydroxylation is 2. The van der Waals surface area contributed by atoms with Crippen molar-refractivity contribution in [1.82, 2.24) is 15.1 Å². The van der Waals surface area contributed by atoms with Crippen molar-refractivity contribution in [2.45, 2.75) is 82.2 Å². The van der Waals surface area contributed by atoms with Gasteiger partial charge in [0, 0.05) is 36.8 Å². The van der Waals surface area contributed by atoms with Crippen LogP contribution in [-0.2, 0) is 24.2 Å². The summed E-state index contributed by atoms with van der Waals surface area (Å²) in [5, 5.41) is 13.0. The van der Waals surface area contributed by atoms with Gasteiger partial charge >= 0.3 is 0 Å². The molecule has 4 aromatic carbocycles. The van der Waals surface area contributed by atoms with Crippen molar-refractivity contribution < 1.29 is 19.4 Å². The number of phenolic OH excluding ortho intramolecular Hbond substituents is 1.